The number of furan rings is 1. The number of rotatable bonds is 4. The highest BCUT2D eigenvalue weighted by Crippen LogP contribution is 2.34. The summed E-state index contributed by atoms with van der Waals surface area (Å²) in [5.74, 6) is 2.34. The molecule has 2 heterocycles. The Balaban J connectivity index is 1.50. The van der Waals surface area contributed by atoms with Crippen molar-refractivity contribution in [1.82, 2.24) is 15.0 Å². The first kappa shape index (κ1) is 21.2. The summed E-state index contributed by atoms with van der Waals surface area (Å²) in [5.41, 5.74) is 4.87. The highest BCUT2D eigenvalue weighted by atomic mass is 16.3. The van der Waals surface area contributed by atoms with Crippen LogP contribution in [0.4, 0.5) is 0 Å². The summed E-state index contributed by atoms with van der Waals surface area (Å²) >= 11 is 0. The largest absolute Gasteiger partial charge is 0.453 e. The maximum Gasteiger partial charge on any atom is 0.199 e. The zero-order valence-corrected chi connectivity index (χ0v) is 19.9. The number of hydrogen-bond donors (Lipinski definition) is 0. The minimum absolute atomic E-state index is 0.506. The molecule has 0 amide bonds. The summed E-state index contributed by atoms with van der Waals surface area (Å²) < 4.78 is 6.19. The van der Waals surface area contributed by atoms with Crippen molar-refractivity contribution in [3.8, 4) is 45.5 Å². The van der Waals surface area contributed by atoms with Gasteiger partial charge in [0.05, 0.1) is 0 Å². The zero-order chi connectivity index (χ0) is 24.6. The molecule has 0 aliphatic heterocycles. The third kappa shape index (κ3) is 3.85. The molecule has 7 aromatic rings. The molecular weight excluding hydrogens is 454 g/mol. The standard InChI is InChI=1S/C33H21N3O/c1-2-11-22(12-3-1)25-17-7-8-18-27(25)31-34-32(28-19-10-15-23-13-4-6-16-26(23)28)36-33(35-31)30-21-24-14-5-9-20-29(24)37-30/h1-21H. The van der Waals surface area contributed by atoms with Crippen molar-refractivity contribution in [2.24, 2.45) is 0 Å². The molecule has 0 atom stereocenters. The molecule has 4 heteroatoms. The van der Waals surface area contributed by atoms with E-state index in [1.807, 2.05) is 78.9 Å². The van der Waals surface area contributed by atoms with Crippen LogP contribution in [0.25, 0.3) is 67.2 Å². The predicted molar refractivity (Wildman–Crippen MR) is 149 cm³/mol. The Morgan fingerprint density at radius 3 is 1.86 bits per heavy atom. The maximum absolute atomic E-state index is 6.19. The van der Waals surface area contributed by atoms with Crippen LogP contribution in [0.3, 0.4) is 0 Å². The molecule has 0 spiro atoms. The second-order valence-corrected chi connectivity index (χ2v) is 8.89. The van der Waals surface area contributed by atoms with Crippen molar-refractivity contribution in [2.75, 3.05) is 0 Å². The number of hydrogen-bond acceptors (Lipinski definition) is 4. The maximum atomic E-state index is 6.19. The van der Waals surface area contributed by atoms with E-state index in [-0.39, 0.29) is 0 Å². The van der Waals surface area contributed by atoms with Crippen molar-refractivity contribution in [2.45, 2.75) is 0 Å². The lowest BCUT2D eigenvalue weighted by molar-refractivity contribution is 0.625. The SMILES string of the molecule is c1ccc(-c2ccccc2-c2nc(-c3cc4ccccc4o3)nc(-c3cccc4ccccc34)n2)cc1. The molecule has 174 valence electrons. The topological polar surface area (TPSA) is 51.8 Å². The lowest BCUT2D eigenvalue weighted by Crippen LogP contribution is -2.01. The van der Waals surface area contributed by atoms with E-state index in [9.17, 15) is 0 Å². The molecule has 0 saturated heterocycles. The van der Waals surface area contributed by atoms with Gasteiger partial charge < -0.3 is 4.42 Å². The normalized spacial score (nSPS) is 11.2. The Hall–Kier alpha value is -5.09. The first-order chi connectivity index (χ1) is 18.3. The van der Waals surface area contributed by atoms with Crippen LogP contribution < -0.4 is 0 Å². The molecular formula is C33H21N3O. The molecule has 0 aliphatic rings. The van der Waals surface area contributed by atoms with Gasteiger partial charge in [0, 0.05) is 16.5 Å². The fourth-order valence-electron chi connectivity index (χ4n) is 4.79. The third-order valence-electron chi connectivity index (χ3n) is 6.56. The van der Waals surface area contributed by atoms with Crippen LogP contribution in [0.5, 0.6) is 0 Å². The van der Waals surface area contributed by atoms with Gasteiger partial charge in [-0.25, -0.2) is 15.0 Å². The van der Waals surface area contributed by atoms with E-state index in [1.165, 1.54) is 0 Å². The smallest absolute Gasteiger partial charge is 0.199 e. The van der Waals surface area contributed by atoms with Crippen LogP contribution >= 0.6 is 0 Å². The van der Waals surface area contributed by atoms with Crippen molar-refractivity contribution in [3.63, 3.8) is 0 Å². The van der Waals surface area contributed by atoms with Gasteiger partial charge in [-0.1, -0.05) is 115 Å². The Bertz CT molecular complexity index is 1850. The minimum Gasteiger partial charge on any atom is -0.453 e. The second kappa shape index (κ2) is 8.85. The summed E-state index contributed by atoms with van der Waals surface area (Å²) in [7, 11) is 0. The van der Waals surface area contributed by atoms with Crippen LogP contribution in [0.15, 0.2) is 132 Å². The fraction of sp³-hybridized carbons (Fsp3) is 0. The Morgan fingerprint density at radius 1 is 0.432 bits per heavy atom. The first-order valence-electron chi connectivity index (χ1n) is 12.2. The second-order valence-electron chi connectivity index (χ2n) is 8.89. The van der Waals surface area contributed by atoms with Gasteiger partial charge in [0.2, 0.25) is 0 Å². The molecule has 4 nitrogen and oxygen atoms in total. The van der Waals surface area contributed by atoms with E-state index < -0.39 is 0 Å². The average molecular weight is 476 g/mol. The molecule has 0 aliphatic carbocycles. The number of fused-ring (bicyclic) bond motifs is 2. The Morgan fingerprint density at radius 2 is 1.03 bits per heavy atom. The number of nitrogens with zero attached hydrogens (tertiary/aromatic N) is 3. The monoisotopic (exact) mass is 475 g/mol. The molecule has 0 unspecified atom stereocenters. The van der Waals surface area contributed by atoms with E-state index in [2.05, 4.69) is 48.5 Å². The zero-order valence-electron chi connectivity index (χ0n) is 19.9. The van der Waals surface area contributed by atoms with Crippen LogP contribution in [0.1, 0.15) is 0 Å². The van der Waals surface area contributed by atoms with Gasteiger partial charge in [-0.05, 0) is 34.0 Å². The van der Waals surface area contributed by atoms with E-state index >= 15 is 0 Å². The summed E-state index contributed by atoms with van der Waals surface area (Å²) in [4.78, 5) is 14.9. The first-order valence-corrected chi connectivity index (χ1v) is 12.2. The highest BCUT2D eigenvalue weighted by molar-refractivity contribution is 5.95. The van der Waals surface area contributed by atoms with Gasteiger partial charge >= 0.3 is 0 Å². The van der Waals surface area contributed by atoms with Gasteiger partial charge in [-0.2, -0.15) is 0 Å². The van der Waals surface area contributed by atoms with E-state index in [4.69, 9.17) is 19.4 Å². The van der Waals surface area contributed by atoms with E-state index in [0.717, 1.165) is 44.0 Å². The lowest BCUT2D eigenvalue weighted by atomic mass is 9.99. The van der Waals surface area contributed by atoms with Crippen LogP contribution in [0, 0.1) is 0 Å². The van der Waals surface area contributed by atoms with Gasteiger partial charge in [-0.3, -0.25) is 0 Å². The molecule has 5 aromatic carbocycles. The van der Waals surface area contributed by atoms with Crippen molar-refractivity contribution < 1.29 is 4.42 Å². The van der Waals surface area contributed by atoms with Gasteiger partial charge in [0.25, 0.3) is 0 Å². The predicted octanol–water partition coefficient (Wildman–Crippen LogP) is 8.44. The molecule has 0 fully saturated rings. The molecule has 0 saturated carbocycles. The summed E-state index contributed by atoms with van der Waals surface area (Å²) in [6.45, 7) is 0. The molecule has 0 N–H and O–H groups in total. The number of benzene rings is 5. The van der Waals surface area contributed by atoms with Crippen molar-refractivity contribution >= 4 is 21.7 Å². The fourth-order valence-corrected chi connectivity index (χ4v) is 4.79. The Labute approximate surface area is 213 Å². The third-order valence-corrected chi connectivity index (χ3v) is 6.56. The molecule has 7 rings (SSSR count). The van der Waals surface area contributed by atoms with Crippen LogP contribution in [-0.2, 0) is 0 Å². The van der Waals surface area contributed by atoms with E-state index in [0.29, 0.717) is 23.2 Å². The van der Waals surface area contributed by atoms with Crippen LogP contribution in [-0.4, -0.2) is 15.0 Å². The van der Waals surface area contributed by atoms with Crippen molar-refractivity contribution in [1.29, 1.82) is 0 Å². The minimum atomic E-state index is 0.506. The molecule has 0 bridgehead atoms. The summed E-state index contributed by atoms with van der Waals surface area (Å²) in [5, 5.41) is 3.24. The van der Waals surface area contributed by atoms with E-state index in [1.54, 1.807) is 0 Å². The van der Waals surface area contributed by atoms with Crippen molar-refractivity contribution in [3.05, 3.63) is 127 Å². The Kier molecular flexibility index (Phi) is 5.07. The molecule has 37 heavy (non-hydrogen) atoms. The summed E-state index contributed by atoms with van der Waals surface area (Å²) in [6, 6.07) is 43.0. The highest BCUT2D eigenvalue weighted by Gasteiger charge is 2.18. The average Bonchev–Trinajstić information content (AvgIpc) is 3.42. The van der Waals surface area contributed by atoms with Gasteiger partial charge in [0.1, 0.15) is 5.58 Å². The lowest BCUT2D eigenvalue weighted by Gasteiger charge is -2.12. The van der Waals surface area contributed by atoms with Crippen LogP contribution in [0.2, 0.25) is 0 Å². The molecule has 0 radical (unpaired) electrons. The quantitative estimate of drug-likeness (QED) is 0.256. The number of para-hydroxylation sites is 1. The molecule has 2 aromatic heterocycles. The van der Waals surface area contributed by atoms with Gasteiger partial charge in [-0.15, -0.1) is 0 Å². The van der Waals surface area contributed by atoms with Gasteiger partial charge in [0.15, 0.2) is 23.2 Å². The summed E-state index contributed by atoms with van der Waals surface area (Å²) in [6.07, 6.45) is 0. The number of aromatic nitrogens is 3.